The van der Waals surface area contributed by atoms with Crippen molar-refractivity contribution < 1.29 is 14.3 Å². The first kappa shape index (κ1) is 20.9. The molecule has 9 heteroatoms. The fourth-order valence-corrected chi connectivity index (χ4v) is 4.73. The number of anilines is 2. The minimum absolute atomic E-state index is 0.130. The highest BCUT2D eigenvalue weighted by atomic mass is 32.1. The van der Waals surface area contributed by atoms with Crippen LogP contribution in [0.15, 0.2) is 60.4 Å². The van der Waals surface area contributed by atoms with Crippen molar-refractivity contribution in [1.82, 2.24) is 15.0 Å². The number of nitrogens with zero attached hydrogens (tertiary/aromatic N) is 3. The molecule has 1 atom stereocenters. The molecule has 0 saturated carbocycles. The van der Waals surface area contributed by atoms with Crippen molar-refractivity contribution in [3.05, 3.63) is 88.6 Å². The van der Waals surface area contributed by atoms with E-state index >= 15 is 0 Å². The number of amides is 1. The Morgan fingerprint density at radius 1 is 1.12 bits per heavy atom. The van der Waals surface area contributed by atoms with Gasteiger partial charge in [0.15, 0.2) is 0 Å². The van der Waals surface area contributed by atoms with Gasteiger partial charge in [0.25, 0.3) is 5.91 Å². The molecule has 7 nitrogen and oxygen atoms in total. The number of aromatic nitrogens is 3. The monoisotopic (exact) mass is 459 g/mol. The molecule has 33 heavy (non-hydrogen) atoms. The maximum absolute atomic E-state index is 14.3. The number of fused-ring (bicyclic) bond motifs is 2. The molecule has 1 amide bonds. The van der Waals surface area contributed by atoms with Gasteiger partial charge in [-0.2, -0.15) is 0 Å². The fourth-order valence-electron chi connectivity index (χ4n) is 3.83. The van der Waals surface area contributed by atoms with Crippen LogP contribution in [0.2, 0.25) is 0 Å². The number of nitrogen functional groups attached to an aromatic ring is 1. The van der Waals surface area contributed by atoms with Crippen LogP contribution in [0.4, 0.5) is 15.9 Å². The van der Waals surface area contributed by atoms with E-state index in [4.69, 9.17) is 5.73 Å². The van der Waals surface area contributed by atoms with E-state index in [2.05, 4.69) is 20.3 Å². The lowest BCUT2D eigenvalue weighted by Crippen LogP contribution is -2.13. The second-order valence-corrected chi connectivity index (χ2v) is 8.39. The zero-order valence-corrected chi connectivity index (χ0v) is 18.2. The van der Waals surface area contributed by atoms with Gasteiger partial charge in [-0.05, 0) is 24.6 Å². The van der Waals surface area contributed by atoms with Crippen LogP contribution in [0, 0.1) is 12.7 Å². The van der Waals surface area contributed by atoms with Gasteiger partial charge in [-0.1, -0.05) is 30.3 Å². The molecule has 3 aromatic heterocycles. The molecule has 0 aliphatic heterocycles. The summed E-state index contributed by atoms with van der Waals surface area (Å²) in [6.07, 6.45) is 1.60. The average molecular weight is 460 g/mol. The zero-order valence-electron chi connectivity index (χ0n) is 17.4. The number of benzene rings is 2. The van der Waals surface area contributed by atoms with Crippen molar-refractivity contribution in [2.45, 2.75) is 13.0 Å². The summed E-state index contributed by atoms with van der Waals surface area (Å²) in [6.45, 7) is 1.87. The van der Waals surface area contributed by atoms with Gasteiger partial charge in [0, 0.05) is 27.9 Å². The lowest BCUT2D eigenvalue weighted by atomic mass is 9.98. The Bertz CT molecular complexity index is 1530. The first-order valence-corrected chi connectivity index (χ1v) is 10.9. The van der Waals surface area contributed by atoms with Crippen molar-refractivity contribution in [2.75, 3.05) is 11.1 Å². The topological polar surface area (TPSA) is 114 Å². The molecule has 5 aromatic rings. The Hall–Kier alpha value is -3.95. The summed E-state index contributed by atoms with van der Waals surface area (Å²) >= 11 is 1.30. The van der Waals surface area contributed by atoms with Gasteiger partial charge in [0.05, 0.1) is 27.2 Å². The van der Waals surface area contributed by atoms with Crippen molar-refractivity contribution in [3.63, 3.8) is 0 Å². The largest absolute Gasteiger partial charge is 0.382 e. The van der Waals surface area contributed by atoms with E-state index in [1.807, 2.05) is 13.0 Å². The number of carbonyl (C=O) groups is 1. The maximum atomic E-state index is 14.3. The van der Waals surface area contributed by atoms with E-state index in [9.17, 15) is 14.3 Å². The molecule has 164 valence electrons. The molecule has 2 aromatic carbocycles. The van der Waals surface area contributed by atoms with Crippen molar-refractivity contribution in [1.29, 1.82) is 0 Å². The van der Waals surface area contributed by atoms with E-state index in [1.54, 1.807) is 29.6 Å². The van der Waals surface area contributed by atoms with E-state index in [0.29, 0.717) is 43.8 Å². The number of pyridine rings is 1. The van der Waals surface area contributed by atoms with Crippen LogP contribution in [-0.2, 0) is 0 Å². The molecule has 3 heterocycles. The number of aliphatic hydroxyl groups is 1. The number of carbonyl (C=O) groups excluding carboxylic acids is 1. The van der Waals surface area contributed by atoms with Crippen LogP contribution in [0.25, 0.3) is 21.0 Å². The highest BCUT2D eigenvalue weighted by Gasteiger charge is 2.21. The van der Waals surface area contributed by atoms with Gasteiger partial charge in [-0.3, -0.25) is 9.78 Å². The van der Waals surface area contributed by atoms with E-state index in [1.165, 1.54) is 36.0 Å². The molecular formula is C24H18FN5O2S. The Labute approximate surface area is 191 Å². The van der Waals surface area contributed by atoms with E-state index in [0.717, 1.165) is 5.56 Å². The molecule has 1 unspecified atom stereocenters. The highest BCUT2D eigenvalue weighted by Crippen LogP contribution is 2.34. The Morgan fingerprint density at radius 3 is 2.76 bits per heavy atom. The molecule has 0 radical (unpaired) electrons. The number of rotatable bonds is 4. The minimum atomic E-state index is -1.26. The summed E-state index contributed by atoms with van der Waals surface area (Å²) in [6, 6.07) is 11.4. The van der Waals surface area contributed by atoms with Gasteiger partial charge in [-0.15, -0.1) is 11.3 Å². The highest BCUT2D eigenvalue weighted by molar-refractivity contribution is 7.18. The summed E-state index contributed by atoms with van der Waals surface area (Å²) < 4.78 is 14.9. The molecular weight excluding hydrogens is 441 g/mol. The number of halogens is 1. The lowest BCUT2D eigenvalue weighted by Gasteiger charge is -2.17. The van der Waals surface area contributed by atoms with Crippen LogP contribution in [0.5, 0.6) is 0 Å². The standard InChI is InChI=1S/C24H18FN5O2S/c1-12-6-7-13-14(8-9-27-19(13)21(31)15-4-2-3-5-17(15)25)18(12)30-24(32)16-10-33-22-20(16)28-11-29-23(22)26/h2-11,21,31H,1H3,(H,30,32)(H2,26,28,29). The molecule has 0 bridgehead atoms. The first-order valence-electron chi connectivity index (χ1n) is 10.1. The predicted molar refractivity (Wildman–Crippen MR) is 127 cm³/mol. The summed E-state index contributed by atoms with van der Waals surface area (Å²) in [5.41, 5.74) is 8.60. The SMILES string of the molecule is Cc1ccc2c(C(O)c3ccccc3F)nccc2c1NC(=O)c1csc2c(N)ncnc12. The molecule has 0 aliphatic rings. The molecule has 0 saturated heterocycles. The minimum Gasteiger partial charge on any atom is -0.382 e. The van der Waals surface area contributed by atoms with Crippen LogP contribution >= 0.6 is 11.3 Å². The van der Waals surface area contributed by atoms with Crippen molar-refractivity contribution >= 4 is 49.7 Å². The number of nitrogens with two attached hydrogens (primary N) is 1. The quantitative estimate of drug-likeness (QED) is 0.362. The molecule has 0 aliphatic carbocycles. The Kier molecular flexibility index (Phi) is 5.20. The fraction of sp³-hybridized carbons (Fsp3) is 0.0833. The lowest BCUT2D eigenvalue weighted by molar-refractivity contribution is 0.102. The van der Waals surface area contributed by atoms with Gasteiger partial charge < -0.3 is 16.2 Å². The molecule has 0 spiro atoms. The normalized spacial score (nSPS) is 12.2. The number of hydrogen-bond donors (Lipinski definition) is 3. The van der Waals surface area contributed by atoms with Gasteiger partial charge in [-0.25, -0.2) is 14.4 Å². The van der Waals surface area contributed by atoms with Crippen molar-refractivity contribution in [3.8, 4) is 0 Å². The van der Waals surface area contributed by atoms with Crippen molar-refractivity contribution in [2.24, 2.45) is 0 Å². The smallest absolute Gasteiger partial charge is 0.258 e. The average Bonchev–Trinajstić information content (AvgIpc) is 3.26. The van der Waals surface area contributed by atoms with Crippen LogP contribution < -0.4 is 11.1 Å². The third-order valence-corrected chi connectivity index (χ3v) is 6.50. The predicted octanol–water partition coefficient (Wildman–Crippen LogP) is 4.60. The first-order chi connectivity index (χ1) is 16.0. The third-order valence-electron chi connectivity index (χ3n) is 5.51. The van der Waals surface area contributed by atoms with Crippen LogP contribution in [0.3, 0.4) is 0 Å². The van der Waals surface area contributed by atoms with E-state index < -0.39 is 11.9 Å². The van der Waals surface area contributed by atoms with Gasteiger partial charge in [0.1, 0.15) is 24.1 Å². The Balaban J connectivity index is 1.58. The second kappa shape index (κ2) is 8.19. The van der Waals surface area contributed by atoms with Gasteiger partial charge >= 0.3 is 0 Å². The number of thiophene rings is 1. The van der Waals surface area contributed by atoms with Crippen LogP contribution in [0.1, 0.15) is 33.3 Å². The second-order valence-electron chi connectivity index (χ2n) is 7.51. The van der Waals surface area contributed by atoms with Crippen LogP contribution in [-0.4, -0.2) is 26.0 Å². The zero-order chi connectivity index (χ0) is 23.1. The maximum Gasteiger partial charge on any atom is 0.258 e. The molecule has 4 N–H and O–H groups in total. The number of aryl methyl sites for hydroxylation is 1. The summed E-state index contributed by atoms with van der Waals surface area (Å²) in [7, 11) is 0. The number of hydrogen-bond acceptors (Lipinski definition) is 7. The van der Waals surface area contributed by atoms with Gasteiger partial charge in [0.2, 0.25) is 0 Å². The molecule has 5 rings (SSSR count). The summed E-state index contributed by atoms with van der Waals surface area (Å²) in [5, 5.41) is 16.8. The number of nitrogens with one attached hydrogen (secondary N) is 1. The Morgan fingerprint density at radius 2 is 1.94 bits per heavy atom. The third kappa shape index (κ3) is 3.57. The molecule has 0 fully saturated rings. The number of aliphatic hydroxyl groups excluding tert-OH is 1. The summed E-state index contributed by atoms with van der Waals surface area (Å²) in [4.78, 5) is 25.7. The summed E-state index contributed by atoms with van der Waals surface area (Å²) in [5.74, 6) is -0.541. The van der Waals surface area contributed by atoms with E-state index in [-0.39, 0.29) is 11.5 Å².